The van der Waals surface area contributed by atoms with Gasteiger partial charge in [-0.1, -0.05) is 6.82 Å². The predicted molar refractivity (Wildman–Crippen MR) is 47.7 cm³/mol. The van der Waals surface area contributed by atoms with Gasteiger partial charge in [0.05, 0.1) is 12.1 Å². The van der Waals surface area contributed by atoms with E-state index in [2.05, 4.69) is 0 Å². The largest absolute Gasteiger partial charge is 0.396 e. The summed E-state index contributed by atoms with van der Waals surface area (Å²) in [7, 11) is 2.54. The summed E-state index contributed by atoms with van der Waals surface area (Å²) in [4.78, 5) is 0. The summed E-state index contributed by atoms with van der Waals surface area (Å²) in [5.41, 5.74) is 0. The van der Waals surface area contributed by atoms with Gasteiger partial charge in [0.2, 0.25) is 0 Å². The van der Waals surface area contributed by atoms with Gasteiger partial charge in [0.15, 0.2) is 7.28 Å². The second kappa shape index (κ2) is 4.55. The van der Waals surface area contributed by atoms with Crippen molar-refractivity contribution < 1.29 is 23.4 Å². The summed E-state index contributed by atoms with van der Waals surface area (Å²) in [6.45, 7) is 1.34. The van der Waals surface area contributed by atoms with Crippen LogP contribution in [0.3, 0.4) is 0 Å². The van der Waals surface area contributed by atoms with E-state index in [1.165, 1.54) is 21.2 Å². The first kappa shape index (κ1) is 11.9. The number of ether oxygens (including phenoxy) is 2. The van der Waals surface area contributed by atoms with Crippen LogP contribution in [0, 0.1) is 0 Å². The minimum atomic E-state index is -3.01. The van der Waals surface area contributed by atoms with E-state index in [4.69, 9.17) is 14.6 Å². The molecule has 0 bridgehead atoms. The fourth-order valence-corrected chi connectivity index (χ4v) is 1.72. The molecule has 0 aromatic carbocycles. The van der Waals surface area contributed by atoms with Crippen LogP contribution in [0.15, 0.2) is 0 Å². The number of methoxy groups -OCH3 is 1. The number of rotatable bonds is 4. The topological polar surface area (TPSA) is 38.7 Å². The van der Waals surface area contributed by atoms with Crippen LogP contribution in [0.2, 0.25) is 6.82 Å². The number of aliphatic hydroxyl groups excluding tert-OH is 1. The fourth-order valence-electron chi connectivity index (χ4n) is 1.72. The number of hydrogen-bond donors (Lipinski definition) is 1. The van der Waals surface area contributed by atoms with Crippen molar-refractivity contribution in [3.63, 3.8) is 0 Å². The zero-order valence-corrected chi connectivity index (χ0v) is 8.24. The maximum atomic E-state index is 13.5. The number of alkyl halides is 2. The van der Waals surface area contributed by atoms with Crippen LogP contribution in [0.25, 0.3) is 0 Å². The van der Waals surface area contributed by atoms with E-state index < -0.39 is 24.1 Å². The molecule has 1 heterocycles. The summed E-state index contributed by atoms with van der Waals surface area (Å²) in [5.74, 6) is -3.01. The smallest absolute Gasteiger partial charge is 0.293 e. The highest BCUT2D eigenvalue weighted by molar-refractivity contribution is 6.35. The highest BCUT2D eigenvalue weighted by Crippen LogP contribution is 2.38. The van der Waals surface area contributed by atoms with Gasteiger partial charge in [0.25, 0.3) is 5.92 Å². The van der Waals surface area contributed by atoms with E-state index in [0.29, 0.717) is 0 Å². The molecule has 6 heteroatoms. The molecule has 1 fully saturated rings. The highest BCUT2D eigenvalue weighted by atomic mass is 19.3. The van der Waals surface area contributed by atoms with Crippen LogP contribution in [0.1, 0.15) is 6.42 Å². The third kappa shape index (κ3) is 1.92. The molecular formula is C8H14BF2O3. The molecule has 1 aliphatic rings. The Bertz CT molecular complexity index is 191. The Morgan fingerprint density at radius 3 is 2.64 bits per heavy atom. The van der Waals surface area contributed by atoms with Crippen molar-refractivity contribution in [2.45, 2.75) is 37.4 Å². The Morgan fingerprint density at radius 2 is 2.21 bits per heavy atom. The third-order valence-electron chi connectivity index (χ3n) is 2.39. The first-order valence-corrected chi connectivity index (χ1v) is 4.54. The van der Waals surface area contributed by atoms with Crippen molar-refractivity contribution in [1.82, 2.24) is 0 Å². The Hall–Kier alpha value is -0.195. The minimum absolute atomic E-state index is 0.165. The molecule has 0 saturated carbocycles. The second-order valence-electron chi connectivity index (χ2n) is 3.27. The molecule has 3 nitrogen and oxygen atoms in total. The first-order valence-electron chi connectivity index (χ1n) is 4.54. The average molecular weight is 207 g/mol. The molecule has 1 N–H and O–H groups in total. The van der Waals surface area contributed by atoms with Crippen molar-refractivity contribution in [1.29, 1.82) is 0 Å². The summed E-state index contributed by atoms with van der Waals surface area (Å²) in [6.07, 6.45) is -1.84. The lowest BCUT2D eigenvalue weighted by Gasteiger charge is -2.21. The molecule has 1 radical (unpaired) electrons. The van der Waals surface area contributed by atoms with Crippen LogP contribution < -0.4 is 0 Å². The van der Waals surface area contributed by atoms with E-state index in [0.717, 1.165) is 0 Å². The second-order valence-corrected chi connectivity index (χ2v) is 3.27. The quantitative estimate of drug-likeness (QED) is 0.682. The fraction of sp³-hybridized carbons (Fsp3) is 1.00. The maximum absolute atomic E-state index is 13.5. The van der Waals surface area contributed by atoms with Crippen molar-refractivity contribution in [2.24, 2.45) is 0 Å². The van der Waals surface area contributed by atoms with Crippen LogP contribution in [0.5, 0.6) is 0 Å². The molecule has 0 aliphatic carbocycles. The van der Waals surface area contributed by atoms with Gasteiger partial charge < -0.3 is 14.6 Å². The molecule has 0 spiro atoms. The molecular weight excluding hydrogens is 193 g/mol. The van der Waals surface area contributed by atoms with Gasteiger partial charge in [0.1, 0.15) is 6.10 Å². The molecule has 0 amide bonds. The standard InChI is InChI=1S/C8H14BF2O3/c1-9-7-8(10,11)6(13-2)5(14-7)3-4-12/h5-7,12H,3-4H2,1-2H3/t5-,6+,7-/m1/s1. The third-order valence-corrected chi connectivity index (χ3v) is 2.39. The molecule has 0 aromatic heterocycles. The van der Waals surface area contributed by atoms with Gasteiger partial charge in [-0.2, -0.15) is 0 Å². The maximum Gasteiger partial charge on any atom is 0.293 e. The number of aliphatic hydroxyl groups is 1. The van der Waals surface area contributed by atoms with Gasteiger partial charge in [-0.15, -0.1) is 0 Å². The highest BCUT2D eigenvalue weighted by Gasteiger charge is 2.57. The van der Waals surface area contributed by atoms with Crippen molar-refractivity contribution in [3.05, 3.63) is 0 Å². The van der Waals surface area contributed by atoms with E-state index in [1.54, 1.807) is 0 Å². The lowest BCUT2D eigenvalue weighted by atomic mass is 9.71. The average Bonchev–Trinajstić information content (AvgIpc) is 2.37. The number of halogens is 2. The lowest BCUT2D eigenvalue weighted by molar-refractivity contribution is -0.107. The van der Waals surface area contributed by atoms with Crippen molar-refractivity contribution in [2.75, 3.05) is 13.7 Å². The normalized spacial score (nSPS) is 35.9. The van der Waals surface area contributed by atoms with Crippen LogP contribution in [-0.4, -0.2) is 50.2 Å². The van der Waals surface area contributed by atoms with Crippen LogP contribution >= 0.6 is 0 Å². The Labute approximate surface area is 82.6 Å². The summed E-state index contributed by atoms with van der Waals surface area (Å²) in [6, 6.07) is -1.22. The van der Waals surface area contributed by atoms with E-state index >= 15 is 0 Å². The van der Waals surface area contributed by atoms with E-state index in [1.807, 2.05) is 0 Å². The van der Waals surface area contributed by atoms with E-state index in [9.17, 15) is 8.78 Å². The van der Waals surface area contributed by atoms with Gasteiger partial charge in [-0.05, 0) is 6.42 Å². The molecule has 1 aliphatic heterocycles. The predicted octanol–water partition coefficient (Wildman–Crippen LogP) is 0.496. The molecule has 0 aromatic rings. The molecule has 14 heavy (non-hydrogen) atoms. The van der Waals surface area contributed by atoms with Gasteiger partial charge in [0, 0.05) is 13.7 Å². The molecule has 1 saturated heterocycles. The molecule has 81 valence electrons. The van der Waals surface area contributed by atoms with Crippen LogP contribution in [0.4, 0.5) is 8.78 Å². The molecule has 0 unspecified atom stereocenters. The zero-order valence-electron chi connectivity index (χ0n) is 8.24. The van der Waals surface area contributed by atoms with Crippen molar-refractivity contribution in [3.8, 4) is 0 Å². The van der Waals surface area contributed by atoms with Gasteiger partial charge in [-0.3, -0.25) is 0 Å². The first-order chi connectivity index (χ1) is 6.57. The monoisotopic (exact) mass is 207 g/mol. The summed E-state index contributed by atoms with van der Waals surface area (Å²) < 4.78 is 36.8. The van der Waals surface area contributed by atoms with Crippen molar-refractivity contribution >= 4 is 7.28 Å². The summed E-state index contributed by atoms with van der Waals surface area (Å²) >= 11 is 0. The minimum Gasteiger partial charge on any atom is -0.396 e. The van der Waals surface area contributed by atoms with Gasteiger partial charge >= 0.3 is 0 Å². The lowest BCUT2D eigenvalue weighted by Crippen LogP contribution is -2.43. The Morgan fingerprint density at radius 1 is 1.57 bits per heavy atom. The van der Waals surface area contributed by atoms with Gasteiger partial charge in [-0.25, -0.2) is 8.78 Å². The zero-order chi connectivity index (χ0) is 10.8. The SMILES string of the molecule is C[B][C@@H]1O[C@H](CCO)[C@H](OC)C1(F)F. The summed E-state index contributed by atoms with van der Waals surface area (Å²) in [5, 5.41) is 8.68. The number of hydrogen-bond acceptors (Lipinski definition) is 3. The molecule has 1 rings (SSSR count). The Balaban J connectivity index is 2.74. The Kier molecular flexibility index (Phi) is 3.86. The molecule has 3 atom stereocenters. The van der Waals surface area contributed by atoms with E-state index in [-0.39, 0.29) is 13.0 Å². The van der Waals surface area contributed by atoms with Crippen LogP contribution in [-0.2, 0) is 9.47 Å².